The summed E-state index contributed by atoms with van der Waals surface area (Å²) in [5.74, 6) is -2.44. The highest BCUT2D eigenvalue weighted by Crippen LogP contribution is 2.48. The average Bonchev–Trinajstić information content (AvgIpc) is 3.01. The zero-order chi connectivity index (χ0) is 32.1. The molecule has 1 aromatic heterocycles. The monoisotopic (exact) mass is 667 g/mol. The number of hydroxylamine groups is 1. The molecule has 2 heterocycles. The van der Waals surface area contributed by atoms with Gasteiger partial charge < -0.3 is 9.64 Å². The Hall–Kier alpha value is -3.24. The first-order chi connectivity index (χ1) is 21.5. The van der Waals surface area contributed by atoms with Crippen molar-refractivity contribution >= 4 is 49.1 Å². The molecule has 8 nitrogen and oxygen atoms in total. The number of nitrogens with one attached hydrogen (secondary N) is 1. The number of halogens is 2. The summed E-state index contributed by atoms with van der Waals surface area (Å²) in [7, 11) is -1.42. The number of benzene rings is 2. The summed E-state index contributed by atoms with van der Waals surface area (Å²) in [6.07, 6.45) is 4.51. The molecule has 1 N–H and O–H groups in total. The second kappa shape index (κ2) is 14.5. The van der Waals surface area contributed by atoms with Crippen molar-refractivity contribution < 1.29 is 24.0 Å². The van der Waals surface area contributed by atoms with Gasteiger partial charge in [0.05, 0.1) is 30.2 Å². The second-order valence-electron chi connectivity index (χ2n) is 12.9. The Bertz CT molecular complexity index is 1530. The molecule has 1 aliphatic carbocycles. The van der Waals surface area contributed by atoms with E-state index < -0.39 is 37.9 Å². The molecule has 5 rings (SSSR count). The van der Waals surface area contributed by atoms with Crippen molar-refractivity contribution in [3.05, 3.63) is 99.3 Å². The van der Waals surface area contributed by atoms with Gasteiger partial charge in [-0.3, -0.25) is 24.2 Å². The molecule has 3 aromatic rings. The minimum Gasteiger partial charge on any atom is -0.466 e. The molecule has 2 aliphatic rings. The number of hydrogen-bond acceptors (Lipinski definition) is 6. The molecule has 0 spiro atoms. The maximum atomic E-state index is 14.5. The van der Waals surface area contributed by atoms with Gasteiger partial charge in [-0.15, -0.1) is 0 Å². The number of rotatable bonds is 10. The van der Waals surface area contributed by atoms with Crippen molar-refractivity contribution in [2.75, 3.05) is 6.61 Å². The zero-order valence-electron chi connectivity index (χ0n) is 25.8. The molecule has 1 saturated carbocycles. The second-order valence-corrected chi connectivity index (χ2v) is 19.4. The van der Waals surface area contributed by atoms with Crippen molar-refractivity contribution in [3.8, 4) is 0 Å². The fourth-order valence-corrected chi connectivity index (χ4v) is 7.52. The van der Waals surface area contributed by atoms with Crippen LogP contribution in [0.3, 0.4) is 0 Å². The number of amides is 2. The quantitative estimate of drug-likeness (QED) is 0.138. The van der Waals surface area contributed by atoms with Gasteiger partial charge in [-0.2, -0.15) is 0 Å². The van der Waals surface area contributed by atoms with Crippen LogP contribution in [0, 0.1) is 5.92 Å². The van der Waals surface area contributed by atoms with Crippen molar-refractivity contribution in [1.29, 1.82) is 0 Å². The predicted octanol–water partition coefficient (Wildman–Crippen LogP) is 7.36. The number of ether oxygens (including phenoxy) is 1. The first-order valence-corrected chi connectivity index (χ1v) is 19.9. The lowest BCUT2D eigenvalue weighted by atomic mass is 9.75. The molecule has 2 amide bonds. The van der Waals surface area contributed by atoms with E-state index in [-0.39, 0.29) is 18.5 Å². The molecule has 2 aromatic carbocycles. The molecular weight excluding hydrogens is 629 g/mol. The number of fused-ring (bicyclic) bond motifs is 1. The van der Waals surface area contributed by atoms with Crippen molar-refractivity contribution in [3.63, 3.8) is 0 Å². The third-order valence-corrected chi connectivity index (χ3v) is 10.8. The molecule has 0 saturated heterocycles. The van der Waals surface area contributed by atoms with Crippen molar-refractivity contribution in [2.45, 2.75) is 76.0 Å². The molecule has 45 heavy (non-hydrogen) atoms. The van der Waals surface area contributed by atoms with E-state index in [9.17, 15) is 14.4 Å². The minimum absolute atomic E-state index is 0.0594. The maximum Gasteiger partial charge on any atom is 0.311 e. The lowest BCUT2D eigenvalue weighted by molar-refractivity contribution is -0.152. The summed E-state index contributed by atoms with van der Waals surface area (Å²) in [6.45, 7) is 7.13. The van der Waals surface area contributed by atoms with Crippen LogP contribution in [0.25, 0.3) is 0 Å². The van der Waals surface area contributed by atoms with Crippen LogP contribution in [0.5, 0.6) is 0 Å². The summed E-state index contributed by atoms with van der Waals surface area (Å²) < 4.78 is 5.84. The van der Waals surface area contributed by atoms with Crippen LogP contribution in [0.1, 0.15) is 64.8 Å². The highest BCUT2D eigenvalue weighted by atomic mass is 35.5. The Morgan fingerprint density at radius 3 is 2.49 bits per heavy atom. The van der Waals surface area contributed by atoms with Gasteiger partial charge in [0.15, 0.2) is 0 Å². The number of pyridine rings is 1. The Balaban J connectivity index is 1.54. The molecule has 238 valence electrons. The van der Waals surface area contributed by atoms with Crippen molar-refractivity contribution in [1.82, 2.24) is 15.4 Å². The molecular formula is C34H39Cl2N3O5Si. The summed E-state index contributed by atoms with van der Waals surface area (Å²) in [6, 6.07) is 17.1. The van der Waals surface area contributed by atoms with E-state index in [4.69, 9.17) is 32.8 Å². The Kier molecular flexibility index (Phi) is 10.6. The van der Waals surface area contributed by atoms with Gasteiger partial charge in [0.1, 0.15) is 6.61 Å². The first kappa shape index (κ1) is 33.1. The Morgan fingerprint density at radius 1 is 1.00 bits per heavy atom. The van der Waals surface area contributed by atoms with Crippen LogP contribution in [0.4, 0.5) is 0 Å². The minimum atomic E-state index is -1.42. The van der Waals surface area contributed by atoms with E-state index in [1.165, 1.54) is 0 Å². The number of carbonyl (C=O) groups is 3. The van der Waals surface area contributed by atoms with E-state index >= 15 is 0 Å². The zero-order valence-corrected chi connectivity index (χ0v) is 28.3. The number of carbonyl (C=O) groups excluding carboxylic acids is 3. The molecule has 1 fully saturated rings. The SMILES string of the molecule is C[Si](C)(C)CCOC(=O)C1CCCCC1N1C(=O)c2ccccc2C(C(=O)NOCc2ccccn2)C1c1ccc(Cl)cc1Cl. The fourth-order valence-electron chi connectivity index (χ4n) is 6.28. The van der Waals surface area contributed by atoms with Crippen LogP contribution in [0.15, 0.2) is 66.9 Å². The van der Waals surface area contributed by atoms with Gasteiger partial charge in [-0.1, -0.05) is 86.0 Å². The normalized spacial score (nSPS) is 21.6. The number of aromatic nitrogens is 1. The van der Waals surface area contributed by atoms with E-state index in [1.54, 1.807) is 65.7 Å². The van der Waals surface area contributed by atoms with Gasteiger partial charge in [-0.25, -0.2) is 5.48 Å². The molecule has 4 unspecified atom stereocenters. The third-order valence-electron chi connectivity index (χ3n) is 8.54. The average molecular weight is 669 g/mol. The maximum absolute atomic E-state index is 14.5. The summed E-state index contributed by atoms with van der Waals surface area (Å²) in [4.78, 5) is 53.9. The van der Waals surface area contributed by atoms with Gasteiger partial charge in [0.2, 0.25) is 0 Å². The van der Waals surface area contributed by atoms with Gasteiger partial charge >= 0.3 is 5.97 Å². The Morgan fingerprint density at radius 2 is 1.76 bits per heavy atom. The lowest BCUT2D eigenvalue weighted by Crippen LogP contribution is -2.55. The summed E-state index contributed by atoms with van der Waals surface area (Å²) in [5, 5.41) is 0.751. The number of esters is 1. The number of nitrogens with zero attached hydrogens (tertiary/aromatic N) is 2. The van der Waals surface area contributed by atoms with Crippen LogP contribution in [-0.4, -0.2) is 48.4 Å². The lowest BCUT2D eigenvalue weighted by Gasteiger charge is -2.48. The van der Waals surface area contributed by atoms with Crippen LogP contribution in [-0.2, 0) is 25.8 Å². The van der Waals surface area contributed by atoms with Crippen LogP contribution >= 0.6 is 23.2 Å². The van der Waals surface area contributed by atoms with E-state index in [0.29, 0.717) is 51.9 Å². The van der Waals surface area contributed by atoms with Crippen LogP contribution < -0.4 is 5.48 Å². The summed E-state index contributed by atoms with van der Waals surface area (Å²) in [5.41, 5.74) is 4.78. The van der Waals surface area contributed by atoms with Crippen molar-refractivity contribution in [2.24, 2.45) is 5.92 Å². The fraction of sp³-hybridized carbons (Fsp3) is 0.412. The first-order valence-electron chi connectivity index (χ1n) is 15.4. The van der Waals surface area contributed by atoms with Crippen LogP contribution in [0.2, 0.25) is 35.7 Å². The number of hydrogen-bond donors (Lipinski definition) is 1. The van der Waals surface area contributed by atoms with E-state index in [2.05, 4.69) is 30.1 Å². The molecule has 11 heteroatoms. The van der Waals surface area contributed by atoms with E-state index in [0.717, 1.165) is 18.9 Å². The van der Waals surface area contributed by atoms with Gasteiger partial charge in [0, 0.05) is 35.9 Å². The highest BCUT2D eigenvalue weighted by Gasteiger charge is 2.50. The van der Waals surface area contributed by atoms with E-state index in [1.807, 2.05) is 6.07 Å². The molecule has 0 bridgehead atoms. The highest BCUT2D eigenvalue weighted by molar-refractivity contribution is 6.76. The molecule has 1 aliphatic heterocycles. The largest absolute Gasteiger partial charge is 0.466 e. The topological polar surface area (TPSA) is 97.8 Å². The third kappa shape index (κ3) is 7.77. The Labute approximate surface area is 275 Å². The predicted molar refractivity (Wildman–Crippen MR) is 177 cm³/mol. The smallest absolute Gasteiger partial charge is 0.311 e. The molecule has 0 radical (unpaired) electrons. The summed E-state index contributed by atoms with van der Waals surface area (Å²) >= 11 is 13.1. The molecule has 4 atom stereocenters. The standard InChI is InChI=1S/C34H39Cl2N3O5Si/c1-45(2,3)19-18-43-34(42)27-13-6-7-14-29(27)39-31(26-16-15-22(35)20-28(26)36)30(24-11-4-5-12-25(24)33(39)41)32(40)38-44-21-23-10-8-9-17-37-23/h4-5,8-12,15-17,20,27,29-31H,6-7,13-14,18-19,21H2,1-3H3,(H,38,40). The van der Waals surface area contributed by atoms with Gasteiger partial charge in [0.25, 0.3) is 11.8 Å². The van der Waals surface area contributed by atoms with Gasteiger partial charge in [-0.05, 0) is 60.3 Å².